The van der Waals surface area contributed by atoms with Crippen molar-refractivity contribution in [1.82, 2.24) is 5.32 Å². The standard InChI is InChI=1S/C11H17NO8S/c1-21-3-2-6(9(16)17)12-7(13)4-11(20,10(18)19)5-8(14)15/h6,20H,2-5H2,1H3,(H,12,13)(H,14,15)(H,16,17)(H,18,19)/t6-,11+/m1/s1. The molecule has 2 atom stereocenters. The van der Waals surface area contributed by atoms with E-state index in [9.17, 15) is 24.3 Å². The van der Waals surface area contributed by atoms with Crippen LogP contribution in [0.1, 0.15) is 19.3 Å². The van der Waals surface area contributed by atoms with E-state index in [4.69, 9.17) is 15.3 Å². The van der Waals surface area contributed by atoms with Crippen LogP contribution in [-0.4, -0.2) is 67.9 Å². The van der Waals surface area contributed by atoms with Crippen molar-refractivity contribution in [2.45, 2.75) is 30.9 Å². The Morgan fingerprint density at radius 3 is 2.10 bits per heavy atom. The Morgan fingerprint density at radius 1 is 1.14 bits per heavy atom. The van der Waals surface area contributed by atoms with Crippen LogP contribution in [0, 0.1) is 0 Å². The summed E-state index contributed by atoms with van der Waals surface area (Å²) in [6, 6.07) is -1.23. The number of carboxylic acids is 3. The van der Waals surface area contributed by atoms with Crippen LogP contribution >= 0.6 is 11.8 Å². The quantitative estimate of drug-likeness (QED) is 0.339. The molecule has 0 saturated heterocycles. The molecule has 9 nitrogen and oxygen atoms in total. The fourth-order valence-corrected chi connectivity index (χ4v) is 1.94. The fraction of sp³-hybridized carbons (Fsp3) is 0.636. The third-order valence-corrected chi connectivity index (χ3v) is 3.18. The lowest BCUT2D eigenvalue weighted by Gasteiger charge is -2.22. The van der Waals surface area contributed by atoms with E-state index in [-0.39, 0.29) is 6.42 Å². The summed E-state index contributed by atoms with van der Waals surface area (Å²) >= 11 is 1.37. The van der Waals surface area contributed by atoms with Crippen LogP contribution in [0.4, 0.5) is 0 Å². The Kier molecular flexibility index (Phi) is 7.74. The first-order valence-electron chi connectivity index (χ1n) is 5.81. The summed E-state index contributed by atoms with van der Waals surface area (Å²) in [6.45, 7) is 0. The smallest absolute Gasteiger partial charge is 0.336 e. The summed E-state index contributed by atoms with van der Waals surface area (Å²) in [5, 5.41) is 38.0. The molecular weight excluding hydrogens is 306 g/mol. The van der Waals surface area contributed by atoms with Gasteiger partial charge in [-0.05, 0) is 18.4 Å². The largest absolute Gasteiger partial charge is 0.481 e. The molecule has 0 fully saturated rings. The molecule has 0 aromatic heterocycles. The van der Waals surface area contributed by atoms with Gasteiger partial charge in [0.15, 0.2) is 5.60 Å². The van der Waals surface area contributed by atoms with E-state index in [1.54, 1.807) is 6.26 Å². The van der Waals surface area contributed by atoms with Gasteiger partial charge in [0.1, 0.15) is 6.04 Å². The molecule has 0 aromatic carbocycles. The molecule has 10 heteroatoms. The van der Waals surface area contributed by atoms with Crippen LogP contribution in [-0.2, 0) is 19.2 Å². The minimum atomic E-state index is -2.78. The van der Waals surface area contributed by atoms with E-state index in [0.29, 0.717) is 5.75 Å². The van der Waals surface area contributed by atoms with Gasteiger partial charge < -0.3 is 25.7 Å². The van der Waals surface area contributed by atoms with Gasteiger partial charge in [0.05, 0.1) is 12.8 Å². The molecule has 5 N–H and O–H groups in total. The lowest BCUT2D eigenvalue weighted by Crippen LogP contribution is -2.48. The molecule has 0 radical (unpaired) electrons. The number of hydrogen-bond donors (Lipinski definition) is 5. The minimum Gasteiger partial charge on any atom is -0.481 e. The minimum absolute atomic E-state index is 0.118. The highest BCUT2D eigenvalue weighted by atomic mass is 32.2. The molecule has 0 unspecified atom stereocenters. The van der Waals surface area contributed by atoms with Gasteiger partial charge in [-0.2, -0.15) is 11.8 Å². The molecule has 0 aliphatic carbocycles. The van der Waals surface area contributed by atoms with E-state index < -0.39 is 48.3 Å². The van der Waals surface area contributed by atoms with Crippen molar-refractivity contribution in [1.29, 1.82) is 0 Å². The molecule has 0 spiro atoms. The average Bonchev–Trinajstić information content (AvgIpc) is 2.32. The number of carboxylic acid groups (broad SMARTS) is 3. The van der Waals surface area contributed by atoms with Gasteiger partial charge in [0, 0.05) is 0 Å². The van der Waals surface area contributed by atoms with Crippen LogP contribution < -0.4 is 5.32 Å². The number of rotatable bonds is 10. The van der Waals surface area contributed by atoms with Crippen LogP contribution in [0.3, 0.4) is 0 Å². The van der Waals surface area contributed by atoms with Crippen molar-refractivity contribution in [3.8, 4) is 0 Å². The molecule has 0 rings (SSSR count). The van der Waals surface area contributed by atoms with Gasteiger partial charge in [-0.1, -0.05) is 0 Å². The summed E-state index contributed by atoms with van der Waals surface area (Å²) in [7, 11) is 0. The van der Waals surface area contributed by atoms with E-state index in [2.05, 4.69) is 5.32 Å². The molecule has 21 heavy (non-hydrogen) atoms. The van der Waals surface area contributed by atoms with Crippen LogP contribution in [0.2, 0.25) is 0 Å². The van der Waals surface area contributed by atoms with Crippen molar-refractivity contribution in [3.63, 3.8) is 0 Å². The highest BCUT2D eigenvalue weighted by molar-refractivity contribution is 7.98. The zero-order valence-corrected chi connectivity index (χ0v) is 12.1. The first-order chi connectivity index (χ1) is 9.62. The normalized spacial score (nSPS) is 14.8. The third kappa shape index (κ3) is 6.95. The summed E-state index contributed by atoms with van der Waals surface area (Å²) in [4.78, 5) is 43.9. The van der Waals surface area contributed by atoms with Crippen molar-refractivity contribution in [2.24, 2.45) is 0 Å². The number of carbonyl (C=O) groups excluding carboxylic acids is 1. The van der Waals surface area contributed by atoms with Crippen molar-refractivity contribution in [2.75, 3.05) is 12.0 Å². The van der Waals surface area contributed by atoms with Crippen molar-refractivity contribution in [3.05, 3.63) is 0 Å². The predicted octanol–water partition coefficient (Wildman–Crippen LogP) is -1.01. The summed E-state index contributed by atoms with van der Waals surface area (Å²) in [5.74, 6) is -5.35. The maximum atomic E-state index is 11.6. The second-order valence-electron chi connectivity index (χ2n) is 4.32. The van der Waals surface area contributed by atoms with Crippen LogP contribution in [0.15, 0.2) is 0 Å². The number of carbonyl (C=O) groups is 4. The first-order valence-corrected chi connectivity index (χ1v) is 7.20. The topological polar surface area (TPSA) is 161 Å². The highest BCUT2D eigenvalue weighted by Gasteiger charge is 2.41. The van der Waals surface area contributed by atoms with Gasteiger partial charge in [0.25, 0.3) is 0 Å². The van der Waals surface area contributed by atoms with Gasteiger partial charge in [-0.15, -0.1) is 0 Å². The van der Waals surface area contributed by atoms with Gasteiger partial charge in [0.2, 0.25) is 5.91 Å². The maximum absolute atomic E-state index is 11.6. The zero-order chi connectivity index (χ0) is 16.6. The Labute approximate surface area is 124 Å². The van der Waals surface area contributed by atoms with Gasteiger partial charge >= 0.3 is 17.9 Å². The molecule has 0 aliphatic rings. The van der Waals surface area contributed by atoms with E-state index in [1.165, 1.54) is 11.8 Å². The van der Waals surface area contributed by atoms with Gasteiger partial charge in [-0.3, -0.25) is 9.59 Å². The Balaban J connectivity index is 4.79. The second-order valence-corrected chi connectivity index (χ2v) is 5.31. The number of hydrogen-bond acceptors (Lipinski definition) is 6. The van der Waals surface area contributed by atoms with Gasteiger partial charge in [-0.25, -0.2) is 9.59 Å². The summed E-state index contributed by atoms with van der Waals surface area (Å²) in [6.07, 6.45) is -0.348. The second kappa shape index (κ2) is 8.47. The lowest BCUT2D eigenvalue weighted by atomic mass is 9.95. The monoisotopic (exact) mass is 323 g/mol. The SMILES string of the molecule is CSCC[C@@H](NC(=O)C[C@](O)(CC(=O)O)C(=O)O)C(=O)O. The molecule has 1 amide bonds. The number of aliphatic carboxylic acids is 3. The molecule has 0 aliphatic heterocycles. The number of thioether (sulfide) groups is 1. The Hall–Kier alpha value is -1.81. The average molecular weight is 323 g/mol. The third-order valence-electron chi connectivity index (χ3n) is 2.54. The van der Waals surface area contributed by atoms with Crippen LogP contribution in [0.25, 0.3) is 0 Å². The maximum Gasteiger partial charge on any atom is 0.336 e. The molecule has 0 aromatic rings. The fourth-order valence-electron chi connectivity index (χ4n) is 1.47. The molecule has 0 bridgehead atoms. The molecule has 0 saturated carbocycles. The predicted molar refractivity (Wildman–Crippen MR) is 72.0 cm³/mol. The van der Waals surface area contributed by atoms with E-state index in [1.807, 2.05) is 0 Å². The Morgan fingerprint density at radius 2 is 1.71 bits per heavy atom. The summed E-state index contributed by atoms with van der Waals surface area (Å²) < 4.78 is 0. The highest BCUT2D eigenvalue weighted by Crippen LogP contribution is 2.16. The lowest BCUT2D eigenvalue weighted by molar-refractivity contribution is -0.167. The summed E-state index contributed by atoms with van der Waals surface area (Å²) in [5.41, 5.74) is -2.78. The molecule has 120 valence electrons. The van der Waals surface area contributed by atoms with E-state index >= 15 is 0 Å². The van der Waals surface area contributed by atoms with E-state index in [0.717, 1.165) is 0 Å². The Bertz CT molecular complexity index is 426. The number of amides is 1. The van der Waals surface area contributed by atoms with Crippen LogP contribution in [0.5, 0.6) is 0 Å². The van der Waals surface area contributed by atoms with Crippen molar-refractivity contribution < 1.29 is 39.6 Å². The number of aliphatic hydroxyl groups is 1. The first kappa shape index (κ1) is 19.2. The zero-order valence-electron chi connectivity index (χ0n) is 11.2. The molecule has 0 heterocycles. The van der Waals surface area contributed by atoms with Crippen molar-refractivity contribution >= 4 is 35.6 Å². The molecular formula is C11H17NO8S. The number of nitrogens with one attached hydrogen (secondary N) is 1.